The van der Waals surface area contributed by atoms with Crippen molar-refractivity contribution < 1.29 is 9.53 Å². The predicted octanol–water partition coefficient (Wildman–Crippen LogP) is 2.32. The third kappa shape index (κ3) is 2.67. The first kappa shape index (κ1) is 10.9. The standard InChI is InChI=1S/C10H10ClNO2/c1-14-6-8-3-2-4-10(11)9(8)5-12-7-13/h2-4H,5-6H2,1H3. The number of halogens is 1. The zero-order valence-corrected chi connectivity index (χ0v) is 8.54. The Morgan fingerprint density at radius 2 is 2.36 bits per heavy atom. The van der Waals surface area contributed by atoms with Gasteiger partial charge >= 0.3 is 0 Å². The van der Waals surface area contributed by atoms with Crippen LogP contribution in [-0.2, 0) is 22.7 Å². The number of hydrogen-bond donors (Lipinski definition) is 0. The van der Waals surface area contributed by atoms with E-state index in [2.05, 4.69) is 4.99 Å². The summed E-state index contributed by atoms with van der Waals surface area (Å²) in [4.78, 5) is 13.5. The van der Waals surface area contributed by atoms with Gasteiger partial charge in [0.25, 0.3) is 0 Å². The van der Waals surface area contributed by atoms with Gasteiger partial charge in [-0.25, -0.2) is 9.79 Å². The van der Waals surface area contributed by atoms with Gasteiger partial charge in [-0.2, -0.15) is 0 Å². The van der Waals surface area contributed by atoms with Crippen molar-refractivity contribution in [1.29, 1.82) is 0 Å². The van der Waals surface area contributed by atoms with E-state index in [9.17, 15) is 4.79 Å². The molecule has 3 nitrogen and oxygen atoms in total. The zero-order valence-electron chi connectivity index (χ0n) is 7.79. The van der Waals surface area contributed by atoms with Gasteiger partial charge in [0, 0.05) is 12.1 Å². The van der Waals surface area contributed by atoms with E-state index >= 15 is 0 Å². The first-order valence-corrected chi connectivity index (χ1v) is 4.46. The lowest BCUT2D eigenvalue weighted by atomic mass is 10.1. The monoisotopic (exact) mass is 211 g/mol. The van der Waals surface area contributed by atoms with E-state index in [4.69, 9.17) is 16.3 Å². The van der Waals surface area contributed by atoms with Crippen molar-refractivity contribution in [2.45, 2.75) is 13.2 Å². The fraction of sp³-hybridized carbons (Fsp3) is 0.300. The summed E-state index contributed by atoms with van der Waals surface area (Å²) >= 11 is 5.96. The molecule has 1 aromatic carbocycles. The second kappa shape index (κ2) is 5.55. The second-order valence-corrected chi connectivity index (χ2v) is 3.13. The molecule has 74 valence electrons. The summed E-state index contributed by atoms with van der Waals surface area (Å²) < 4.78 is 5.00. The van der Waals surface area contributed by atoms with Gasteiger partial charge in [-0.1, -0.05) is 23.7 Å². The van der Waals surface area contributed by atoms with Crippen LogP contribution in [0, 0.1) is 0 Å². The van der Waals surface area contributed by atoms with E-state index in [-0.39, 0.29) is 6.54 Å². The van der Waals surface area contributed by atoms with Crippen LogP contribution in [0.15, 0.2) is 23.2 Å². The minimum absolute atomic E-state index is 0.252. The van der Waals surface area contributed by atoms with Crippen molar-refractivity contribution in [3.8, 4) is 0 Å². The Morgan fingerprint density at radius 1 is 1.57 bits per heavy atom. The summed E-state index contributed by atoms with van der Waals surface area (Å²) in [5.74, 6) is 0. The van der Waals surface area contributed by atoms with Crippen molar-refractivity contribution in [3.63, 3.8) is 0 Å². The van der Waals surface area contributed by atoms with Crippen LogP contribution in [0.3, 0.4) is 0 Å². The van der Waals surface area contributed by atoms with E-state index in [1.165, 1.54) is 6.08 Å². The van der Waals surface area contributed by atoms with Crippen LogP contribution >= 0.6 is 11.6 Å². The van der Waals surface area contributed by atoms with Crippen molar-refractivity contribution in [3.05, 3.63) is 34.3 Å². The van der Waals surface area contributed by atoms with E-state index in [1.54, 1.807) is 13.2 Å². The molecule has 0 radical (unpaired) electrons. The number of methoxy groups -OCH3 is 1. The molecule has 1 aromatic rings. The van der Waals surface area contributed by atoms with Crippen LogP contribution in [0.5, 0.6) is 0 Å². The number of aliphatic imine (C=N–C) groups is 1. The maximum Gasteiger partial charge on any atom is 0.235 e. The summed E-state index contributed by atoms with van der Waals surface area (Å²) in [6.45, 7) is 0.714. The average molecular weight is 212 g/mol. The molecule has 0 heterocycles. The van der Waals surface area contributed by atoms with Gasteiger partial charge < -0.3 is 4.74 Å². The maximum atomic E-state index is 9.99. The molecule has 4 heteroatoms. The lowest BCUT2D eigenvalue weighted by molar-refractivity contribution is 0.184. The Hall–Kier alpha value is -1.15. The van der Waals surface area contributed by atoms with E-state index < -0.39 is 0 Å². The number of nitrogens with zero attached hydrogens (tertiary/aromatic N) is 1. The largest absolute Gasteiger partial charge is 0.380 e. The van der Waals surface area contributed by atoms with Crippen LogP contribution in [0.25, 0.3) is 0 Å². The molecule has 0 spiro atoms. The van der Waals surface area contributed by atoms with Crippen LogP contribution in [0.4, 0.5) is 0 Å². The Labute approximate surface area is 87.4 Å². The summed E-state index contributed by atoms with van der Waals surface area (Å²) in [6, 6.07) is 5.49. The van der Waals surface area contributed by atoms with E-state index in [1.807, 2.05) is 12.1 Å². The SMILES string of the molecule is COCc1cccc(Cl)c1CN=C=O. The zero-order chi connectivity index (χ0) is 10.4. The molecule has 0 aliphatic rings. The first-order valence-electron chi connectivity index (χ1n) is 4.08. The van der Waals surface area contributed by atoms with Crippen molar-refractivity contribution in [2.75, 3.05) is 7.11 Å². The average Bonchev–Trinajstić information content (AvgIpc) is 2.18. The molecule has 0 saturated carbocycles. The van der Waals surface area contributed by atoms with Gasteiger partial charge in [0.05, 0.1) is 13.2 Å². The lowest BCUT2D eigenvalue weighted by Gasteiger charge is -2.07. The van der Waals surface area contributed by atoms with Gasteiger partial charge in [0.2, 0.25) is 6.08 Å². The quantitative estimate of drug-likeness (QED) is 0.566. The number of benzene rings is 1. The molecule has 14 heavy (non-hydrogen) atoms. The molecule has 0 bridgehead atoms. The predicted molar refractivity (Wildman–Crippen MR) is 54.0 cm³/mol. The number of isocyanates is 1. The van der Waals surface area contributed by atoms with Crippen LogP contribution in [-0.4, -0.2) is 13.2 Å². The fourth-order valence-electron chi connectivity index (χ4n) is 1.18. The Morgan fingerprint density at radius 3 is 3.00 bits per heavy atom. The highest BCUT2D eigenvalue weighted by molar-refractivity contribution is 6.31. The Balaban J connectivity index is 3.01. The van der Waals surface area contributed by atoms with Gasteiger partial charge in [-0.3, -0.25) is 0 Å². The summed E-state index contributed by atoms with van der Waals surface area (Å²) in [5.41, 5.74) is 1.76. The van der Waals surface area contributed by atoms with Crippen molar-refractivity contribution in [1.82, 2.24) is 0 Å². The normalized spacial score (nSPS) is 9.57. The van der Waals surface area contributed by atoms with Crippen LogP contribution < -0.4 is 0 Å². The molecule has 0 aliphatic heterocycles. The van der Waals surface area contributed by atoms with E-state index in [0.29, 0.717) is 11.6 Å². The number of hydrogen-bond acceptors (Lipinski definition) is 3. The first-order chi connectivity index (χ1) is 6.79. The van der Waals surface area contributed by atoms with Crippen molar-refractivity contribution >= 4 is 17.7 Å². The molecule has 0 aromatic heterocycles. The minimum atomic E-state index is 0.252. The molecule has 0 aliphatic carbocycles. The van der Waals surface area contributed by atoms with Crippen LogP contribution in [0.1, 0.15) is 11.1 Å². The van der Waals surface area contributed by atoms with Crippen molar-refractivity contribution in [2.24, 2.45) is 4.99 Å². The third-order valence-corrected chi connectivity index (χ3v) is 2.17. The molecule has 0 N–H and O–H groups in total. The highest BCUT2D eigenvalue weighted by Gasteiger charge is 2.05. The lowest BCUT2D eigenvalue weighted by Crippen LogP contribution is -1.95. The van der Waals surface area contributed by atoms with Gasteiger partial charge in [-0.15, -0.1) is 0 Å². The smallest absolute Gasteiger partial charge is 0.235 e. The Bertz CT molecular complexity index is 359. The molecule has 0 atom stereocenters. The third-order valence-electron chi connectivity index (χ3n) is 1.82. The summed E-state index contributed by atoms with van der Waals surface area (Å²) in [6.07, 6.45) is 1.49. The number of rotatable bonds is 4. The highest BCUT2D eigenvalue weighted by Crippen LogP contribution is 2.21. The van der Waals surface area contributed by atoms with Gasteiger partial charge in [-0.05, 0) is 17.2 Å². The summed E-state index contributed by atoms with van der Waals surface area (Å²) in [5, 5.41) is 0.596. The van der Waals surface area contributed by atoms with Crippen LogP contribution in [0.2, 0.25) is 5.02 Å². The van der Waals surface area contributed by atoms with Gasteiger partial charge in [0.15, 0.2) is 0 Å². The maximum absolute atomic E-state index is 9.99. The van der Waals surface area contributed by atoms with E-state index in [0.717, 1.165) is 11.1 Å². The fourth-order valence-corrected chi connectivity index (χ4v) is 1.44. The summed E-state index contributed by atoms with van der Waals surface area (Å²) in [7, 11) is 1.60. The Kier molecular flexibility index (Phi) is 4.33. The molecule has 0 unspecified atom stereocenters. The second-order valence-electron chi connectivity index (χ2n) is 2.72. The molecular formula is C10H10ClNO2. The molecule has 0 amide bonds. The number of ether oxygens (including phenoxy) is 1. The van der Waals surface area contributed by atoms with Gasteiger partial charge in [0.1, 0.15) is 0 Å². The molecule has 0 fully saturated rings. The topological polar surface area (TPSA) is 38.7 Å². The molecule has 1 rings (SSSR count). The minimum Gasteiger partial charge on any atom is -0.380 e. The highest BCUT2D eigenvalue weighted by atomic mass is 35.5. The molecular weight excluding hydrogens is 202 g/mol. The molecule has 0 saturated heterocycles. The number of carbonyl (C=O) groups excluding carboxylic acids is 1.